The van der Waals surface area contributed by atoms with Gasteiger partial charge < -0.3 is 5.32 Å². The Morgan fingerprint density at radius 3 is 2.52 bits per heavy atom. The van der Waals surface area contributed by atoms with Gasteiger partial charge in [0.25, 0.3) is 0 Å². The van der Waals surface area contributed by atoms with Gasteiger partial charge in [0.1, 0.15) is 6.17 Å². The fourth-order valence-corrected chi connectivity index (χ4v) is 4.51. The molecule has 4 fully saturated rings. The quantitative estimate of drug-likeness (QED) is 0.862. The lowest BCUT2D eigenvalue weighted by molar-refractivity contribution is -0.0291. The van der Waals surface area contributed by atoms with Crippen LogP contribution in [0.2, 0.25) is 0 Å². The van der Waals surface area contributed by atoms with E-state index in [1.165, 1.54) is 19.3 Å². The van der Waals surface area contributed by atoms with Crippen molar-refractivity contribution in [1.29, 1.82) is 0 Å². The molecule has 0 radical (unpaired) electrons. The van der Waals surface area contributed by atoms with Crippen molar-refractivity contribution in [3.63, 3.8) is 0 Å². The van der Waals surface area contributed by atoms with Crippen molar-refractivity contribution in [2.24, 2.45) is 0 Å². The maximum Gasteiger partial charge on any atom is 0.324 e. The summed E-state index contributed by atoms with van der Waals surface area (Å²) in [5.74, 6) is 0. The first-order valence-corrected chi connectivity index (χ1v) is 9.02. The molecule has 0 aromatic rings. The predicted octanol–water partition coefficient (Wildman–Crippen LogP) is 1.76. The topological polar surface area (TPSA) is 59.1 Å². The number of carbonyl (C=O) groups is 2. The van der Waals surface area contributed by atoms with Gasteiger partial charge in [0.2, 0.25) is 0 Å². The number of amides is 4. The highest BCUT2D eigenvalue weighted by Crippen LogP contribution is 2.37. The molecule has 7 heteroatoms. The van der Waals surface area contributed by atoms with Crippen LogP contribution in [-0.2, 0) is 0 Å². The number of nitrogens with one attached hydrogen (secondary N) is 1. The van der Waals surface area contributed by atoms with Crippen molar-refractivity contribution in [3.05, 3.63) is 0 Å². The lowest BCUT2D eigenvalue weighted by Gasteiger charge is -2.43. The largest absolute Gasteiger partial charge is 0.324 e. The molecule has 4 aliphatic rings. The van der Waals surface area contributed by atoms with Crippen LogP contribution in [0.15, 0.2) is 0 Å². The van der Waals surface area contributed by atoms with E-state index in [0.717, 1.165) is 19.3 Å². The predicted molar refractivity (Wildman–Crippen MR) is 85.2 cm³/mol. The molecule has 4 amide bonds. The Labute approximate surface area is 137 Å². The van der Waals surface area contributed by atoms with E-state index in [9.17, 15) is 9.59 Å². The first-order valence-electron chi connectivity index (χ1n) is 9.02. The number of urea groups is 2. The van der Waals surface area contributed by atoms with Crippen LogP contribution in [0.4, 0.5) is 9.59 Å². The van der Waals surface area contributed by atoms with Gasteiger partial charge in [0.15, 0.2) is 6.17 Å². The molecule has 7 nitrogen and oxygen atoms in total. The van der Waals surface area contributed by atoms with Crippen LogP contribution in [0.3, 0.4) is 0 Å². The average molecular weight is 321 g/mol. The van der Waals surface area contributed by atoms with Crippen molar-refractivity contribution in [3.8, 4) is 0 Å². The van der Waals surface area contributed by atoms with Gasteiger partial charge in [-0.25, -0.2) is 9.59 Å². The van der Waals surface area contributed by atoms with Crippen LogP contribution in [0.25, 0.3) is 0 Å². The molecule has 3 heterocycles. The molecule has 1 aliphatic carbocycles. The van der Waals surface area contributed by atoms with E-state index < -0.39 is 0 Å². The van der Waals surface area contributed by atoms with E-state index >= 15 is 0 Å². The Hall–Kier alpha value is -1.50. The summed E-state index contributed by atoms with van der Waals surface area (Å²) in [5.41, 5.74) is 0. The van der Waals surface area contributed by atoms with E-state index in [4.69, 9.17) is 0 Å². The zero-order chi connectivity index (χ0) is 16.1. The minimum Gasteiger partial charge on any atom is -0.314 e. The van der Waals surface area contributed by atoms with Crippen LogP contribution >= 0.6 is 0 Å². The average Bonchev–Trinajstić information content (AvgIpc) is 3.05. The summed E-state index contributed by atoms with van der Waals surface area (Å²) in [6.45, 7) is 5.54. The number of carbonyl (C=O) groups excluding carboxylic acids is 2. The Bertz CT molecular complexity index is 507. The molecule has 3 aliphatic heterocycles. The minimum absolute atomic E-state index is 0.0358. The van der Waals surface area contributed by atoms with E-state index in [0.29, 0.717) is 19.4 Å². The Balaban J connectivity index is 1.61. The first kappa shape index (κ1) is 15.1. The molecular weight excluding hydrogens is 294 g/mol. The molecule has 3 saturated heterocycles. The summed E-state index contributed by atoms with van der Waals surface area (Å²) < 4.78 is 0. The summed E-state index contributed by atoms with van der Waals surface area (Å²) >= 11 is 0. The maximum atomic E-state index is 13.0. The SMILES string of the molecule is CC[C@H](C)N1CN2C(=O)N[C@@H]3[C@@H]2N(C1)C(=O)N3C1CCCCC1. The molecule has 23 heavy (non-hydrogen) atoms. The molecule has 0 bridgehead atoms. The number of rotatable bonds is 3. The third-order valence-corrected chi connectivity index (χ3v) is 6.07. The number of nitrogens with zero attached hydrogens (tertiary/aromatic N) is 4. The van der Waals surface area contributed by atoms with Gasteiger partial charge >= 0.3 is 12.1 Å². The third kappa shape index (κ3) is 2.20. The van der Waals surface area contributed by atoms with Gasteiger partial charge in [-0.15, -0.1) is 0 Å². The second-order valence-corrected chi connectivity index (χ2v) is 7.36. The Kier molecular flexibility index (Phi) is 3.63. The molecule has 4 rings (SSSR count). The van der Waals surface area contributed by atoms with Crippen molar-refractivity contribution in [1.82, 2.24) is 24.9 Å². The number of hydrogen-bond acceptors (Lipinski definition) is 3. The van der Waals surface area contributed by atoms with E-state index in [2.05, 4.69) is 24.1 Å². The lowest BCUT2D eigenvalue weighted by atomic mass is 9.94. The van der Waals surface area contributed by atoms with Gasteiger partial charge in [-0.1, -0.05) is 26.2 Å². The molecule has 0 aromatic heterocycles. The third-order valence-electron chi connectivity index (χ3n) is 6.07. The fraction of sp³-hybridized carbons (Fsp3) is 0.875. The van der Waals surface area contributed by atoms with E-state index in [1.807, 2.05) is 14.7 Å². The van der Waals surface area contributed by atoms with Gasteiger partial charge in [0, 0.05) is 12.1 Å². The second kappa shape index (κ2) is 5.54. The van der Waals surface area contributed by atoms with Crippen LogP contribution in [0.1, 0.15) is 52.4 Å². The molecule has 1 N–H and O–H groups in total. The fourth-order valence-electron chi connectivity index (χ4n) is 4.51. The van der Waals surface area contributed by atoms with Crippen LogP contribution < -0.4 is 5.32 Å². The summed E-state index contributed by atoms with van der Waals surface area (Å²) in [6, 6.07) is 0.708. The first-order chi connectivity index (χ1) is 11.1. The molecule has 128 valence electrons. The van der Waals surface area contributed by atoms with E-state index in [-0.39, 0.29) is 30.4 Å². The second-order valence-electron chi connectivity index (χ2n) is 7.36. The maximum absolute atomic E-state index is 13.0. The standard InChI is InChI=1S/C16H27N5O2/c1-3-11(2)18-9-19-14-13(17-15(19)22)21(16(23)20(14)10-18)12-7-5-4-6-8-12/h11-14H,3-10H2,1-2H3,(H,17,22)/t11-,13-,14-/m0/s1. The number of hydrogen-bond donors (Lipinski definition) is 1. The van der Waals surface area contributed by atoms with Gasteiger partial charge in [0.05, 0.1) is 13.3 Å². The van der Waals surface area contributed by atoms with Crippen molar-refractivity contribution in [2.45, 2.75) is 76.8 Å². The summed E-state index contributed by atoms with van der Waals surface area (Å²) in [4.78, 5) is 33.4. The van der Waals surface area contributed by atoms with Gasteiger partial charge in [-0.3, -0.25) is 19.6 Å². The smallest absolute Gasteiger partial charge is 0.314 e. The van der Waals surface area contributed by atoms with Gasteiger partial charge in [-0.05, 0) is 26.2 Å². The van der Waals surface area contributed by atoms with Crippen molar-refractivity contribution >= 4 is 12.1 Å². The van der Waals surface area contributed by atoms with Gasteiger partial charge in [-0.2, -0.15) is 0 Å². The van der Waals surface area contributed by atoms with E-state index in [1.54, 1.807) is 0 Å². The molecule has 0 spiro atoms. The highest BCUT2D eigenvalue weighted by molar-refractivity contribution is 5.85. The highest BCUT2D eigenvalue weighted by atomic mass is 16.2. The monoisotopic (exact) mass is 321 g/mol. The van der Waals surface area contributed by atoms with Crippen LogP contribution in [0, 0.1) is 0 Å². The normalized spacial score (nSPS) is 33.2. The molecular formula is C16H27N5O2. The molecule has 3 atom stereocenters. The van der Waals surface area contributed by atoms with Crippen molar-refractivity contribution in [2.75, 3.05) is 13.3 Å². The van der Waals surface area contributed by atoms with Crippen LogP contribution in [0.5, 0.6) is 0 Å². The Morgan fingerprint density at radius 1 is 1.13 bits per heavy atom. The van der Waals surface area contributed by atoms with Crippen molar-refractivity contribution < 1.29 is 9.59 Å². The highest BCUT2D eigenvalue weighted by Gasteiger charge is 2.59. The molecule has 1 saturated carbocycles. The summed E-state index contributed by atoms with van der Waals surface area (Å²) in [7, 11) is 0. The minimum atomic E-state index is -0.169. The zero-order valence-electron chi connectivity index (χ0n) is 14.1. The Morgan fingerprint density at radius 2 is 1.83 bits per heavy atom. The summed E-state index contributed by atoms with van der Waals surface area (Å²) in [5, 5.41) is 3.07. The lowest BCUT2D eigenvalue weighted by Crippen LogP contribution is -2.61. The summed E-state index contributed by atoms with van der Waals surface area (Å²) in [6.07, 6.45) is 6.47. The van der Waals surface area contributed by atoms with Crippen LogP contribution in [-0.4, -0.2) is 69.4 Å². The molecule has 0 unspecified atom stereocenters. The molecule has 0 aromatic carbocycles. The zero-order valence-corrected chi connectivity index (χ0v) is 14.1.